The van der Waals surface area contributed by atoms with Crippen molar-refractivity contribution < 1.29 is 14.8 Å². The van der Waals surface area contributed by atoms with E-state index in [4.69, 9.17) is 0 Å². The van der Waals surface area contributed by atoms with Crippen LogP contribution in [0.4, 0.5) is 5.69 Å². The van der Waals surface area contributed by atoms with Gasteiger partial charge in [0.1, 0.15) is 5.75 Å². The number of piperazine rings is 1. The largest absolute Gasteiger partial charge is 0.506 e. The smallest absolute Gasteiger partial charge is 0.275 e. The van der Waals surface area contributed by atoms with Crippen LogP contribution in [0.25, 0.3) is 0 Å². The summed E-state index contributed by atoms with van der Waals surface area (Å²) in [4.78, 5) is 15.7. The summed E-state index contributed by atoms with van der Waals surface area (Å²) < 4.78 is 0. The third-order valence-corrected chi connectivity index (χ3v) is 5.08. The van der Waals surface area contributed by atoms with Gasteiger partial charge in [0.05, 0.1) is 31.9 Å². The molecule has 138 valence electrons. The van der Waals surface area contributed by atoms with Gasteiger partial charge in [-0.25, -0.2) is 0 Å². The van der Waals surface area contributed by atoms with Gasteiger partial charge in [0, 0.05) is 6.54 Å². The number of phenolic OH excluding ortho intramolecular Hbond substituents is 1. The fourth-order valence-corrected chi connectivity index (χ4v) is 3.49. The minimum absolute atomic E-state index is 0.115. The van der Waals surface area contributed by atoms with Crippen LogP contribution in [0.15, 0.2) is 48.5 Å². The average molecular weight is 354 g/mol. The molecule has 0 spiro atoms. The van der Waals surface area contributed by atoms with Crippen molar-refractivity contribution in [3.63, 3.8) is 0 Å². The Kier molecular flexibility index (Phi) is 6.12. The zero-order valence-electron chi connectivity index (χ0n) is 15.4. The maximum absolute atomic E-state index is 12.2. The lowest BCUT2D eigenvalue weighted by atomic mass is 10.1. The van der Waals surface area contributed by atoms with Crippen LogP contribution in [-0.2, 0) is 11.2 Å². The minimum Gasteiger partial charge on any atom is -0.506 e. The monoisotopic (exact) mass is 354 g/mol. The number of benzene rings is 2. The van der Waals surface area contributed by atoms with E-state index in [0.717, 1.165) is 38.3 Å². The highest BCUT2D eigenvalue weighted by atomic mass is 16.3. The molecule has 1 amide bonds. The number of aromatic hydroxyl groups is 1. The van der Waals surface area contributed by atoms with Gasteiger partial charge in [0.25, 0.3) is 5.91 Å². The van der Waals surface area contributed by atoms with Crippen molar-refractivity contribution in [3.05, 3.63) is 59.7 Å². The number of nitrogens with zero attached hydrogens (tertiary/aromatic N) is 1. The zero-order valence-corrected chi connectivity index (χ0v) is 15.4. The summed E-state index contributed by atoms with van der Waals surface area (Å²) in [6, 6.07) is 15.7. The first kappa shape index (κ1) is 18.3. The van der Waals surface area contributed by atoms with E-state index in [1.54, 1.807) is 6.07 Å². The lowest BCUT2D eigenvalue weighted by Crippen LogP contribution is -3.16. The Labute approximate surface area is 155 Å². The van der Waals surface area contributed by atoms with E-state index in [-0.39, 0.29) is 5.91 Å². The molecular weight excluding hydrogens is 326 g/mol. The molecular formula is C21H28N3O2+. The van der Waals surface area contributed by atoms with Gasteiger partial charge in [-0.15, -0.1) is 0 Å². The van der Waals surface area contributed by atoms with E-state index >= 15 is 0 Å². The van der Waals surface area contributed by atoms with Gasteiger partial charge in [-0.1, -0.05) is 36.4 Å². The van der Waals surface area contributed by atoms with Crippen molar-refractivity contribution in [3.8, 4) is 5.75 Å². The summed E-state index contributed by atoms with van der Waals surface area (Å²) in [7, 11) is 0. The normalized spacial score (nSPS) is 15.0. The Bertz CT molecular complexity index is 740. The third-order valence-electron chi connectivity index (χ3n) is 5.08. The summed E-state index contributed by atoms with van der Waals surface area (Å²) in [5.41, 5.74) is 3.44. The van der Waals surface area contributed by atoms with E-state index in [9.17, 15) is 9.90 Å². The summed E-state index contributed by atoms with van der Waals surface area (Å²) in [6.45, 7) is 6.81. The minimum atomic E-state index is 0.115. The molecule has 1 aliphatic heterocycles. The predicted octanol–water partition coefficient (Wildman–Crippen LogP) is 0.764. The molecule has 5 nitrogen and oxygen atoms in total. The second-order valence-electron chi connectivity index (χ2n) is 6.93. The standard InChI is InChI=1S/C21H27N3O2/c1-17-6-2-3-7-18(17)10-11-22-21(26)16-23-12-14-24(15-13-23)19-8-4-5-9-20(19)25/h2-9,25H,10-16H2,1H3,(H,22,26)/p+1. The van der Waals surface area contributed by atoms with Crippen molar-refractivity contribution in [2.45, 2.75) is 13.3 Å². The number of hydrogen-bond donors (Lipinski definition) is 3. The van der Waals surface area contributed by atoms with Crippen LogP contribution >= 0.6 is 0 Å². The quantitative estimate of drug-likeness (QED) is 0.718. The van der Waals surface area contributed by atoms with E-state index in [1.807, 2.05) is 30.3 Å². The second-order valence-corrected chi connectivity index (χ2v) is 6.93. The van der Waals surface area contributed by atoms with Crippen LogP contribution in [0.1, 0.15) is 11.1 Å². The Morgan fingerprint density at radius 1 is 1.12 bits per heavy atom. The van der Waals surface area contributed by atoms with Gasteiger partial charge >= 0.3 is 0 Å². The van der Waals surface area contributed by atoms with Crippen LogP contribution in [0.3, 0.4) is 0 Å². The Morgan fingerprint density at radius 2 is 1.81 bits per heavy atom. The lowest BCUT2D eigenvalue weighted by Gasteiger charge is -2.33. The molecule has 3 N–H and O–H groups in total. The van der Waals surface area contributed by atoms with Crippen LogP contribution in [-0.4, -0.2) is 50.3 Å². The first-order valence-corrected chi connectivity index (χ1v) is 9.31. The van der Waals surface area contributed by atoms with Crippen molar-refractivity contribution in [1.82, 2.24) is 5.32 Å². The first-order chi connectivity index (χ1) is 12.6. The number of carbonyl (C=O) groups is 1. The fraction of sp³-hybridized carbons (Fsp3) is 0.381. The first-order valence-electron chi connectivity index (χ1n) is 9.31. The summed E-state index contributed by atoms with van der Waals surface area (Å²) in [5, 5.41) is 13.0. The van der Waals surface area contributed by atoms with Gasteiger partial charge in [-0.3, -0.25) is 4.79 Å². The number of carbonyl (C=O) groups excluding carboxylic acids is 1. The van der Waals surface area contributed by atoms with E-state index < -0.39 is 0 Å². The molecule has 0 atom stereocenters. The highest BCUT2D eigenvalue weighted by molar-refractivity contribution is 5.76. The maximum atomic E-state index is 12.2. The van der Waals surface area contributed by atoms with Gasteiger partial charge in [0.2, 0.25) is 0 Å². The maximum Gasteiger partial charge on any atom is 0.275 e. The number of amides is 1. The highest BCUT2D eigenvalue weighted by Crippen LogP contribution is 2.25. The molecule has 0 aromatic heterocycles. The Balaban J connectivity index is 1.39. The second kappa shape index (κ2) is 8.72. The average Bonchev–Trinajstić information content (AvgIpc) is 2.64. The fourth-order valence-electron chi connectivity index (χ4n) is 3.49. The molecule has 2 aromatic carbocycles. The zero-order chi connectivity index (χ0) is 18.4. The number of hydrogen-bond acceptors (Lipinski definition) is 3. The molecule has 0 unspecified atom stereocenters. The van der Waals surface area contributed by atoms with E-state index in [2.05, 4.69) is 29.3 Å². The molecule has 1 aliphatic rings. The molecule has 5 heteroatoms. The number of para-hydroxylation sites is 2. The SMILES string of the molecule is Cc1ccccc1CCNC(=O)C[NH+]1CCN(c2ccccc2O)CC1. The van der Waals surface area contributed by atoms with Crippen LogP contribution in [0.5, 0.6) is 5.75 Å². The van der Waals surface area contributed by atoms with E-state index in [1.165, 1.54) is 16.0 Å². The summed E-state index contributed by atoms with van der Waals surface area (Å²) >= 11 is 0. The van der Waals surface area contributed by atoms with Crippen LogP contribution in [0.2, 0.25) is 0 Å². The number of rotatable bonds is 6. The number of anilines is 1. The van der Waals surface area contributed by atoms with Gasteiger partial charge < -0.3 is 20.2 Å². The van der Waals surface area contributed by atoms with Crippen molar-refractivity contribution >= 4 is 11.6 Å². The topological polar surface area (TPSA) is 57.0 Å². The Morgan fingerprint density at radius 3 is 2.54 bits per heavy atom. The molecule has 0 saturated carbocycles. The molecule has 0 radical (unpaired) electrons. The predicted molar refractivity (Wildman–Crippen MR) is 104 cm³/mol. The number of aryl methyl sites for hydroxylation is 1. The summed E-state index contributed by atoms with van der Waals surface area (Å²) in [6.07, 6.45) is 0.870. The lowest BCUT2D eigenvalue weighted by molar-refractivity contribution is -0.892. The number of quaternary nitrogens is 1. The van der Waals surface area contributed by atoms with Crippen LogP contribution < -0.4 is 15.1 Å². The molecule has 1 fully saturated rings. The van der Waals surface area contributed by atoms with Crippen molar-refractivity contribution in [1.29, 1.82) is 0 Å². The molecule has 0 bridgehead atoms. The summed E-state index contributed by atoms with van der Waals surface area (Å²) in [5.74, 6) is 0.439. The van der Waals surface area contributed by atoms with Crippen molar-refractivity contribution in [2.75, 3.05) is 44.2 Å². The Hall–Kier alpha value is -2.53. The van der Waals surface area contributed by atoms with Gasteiger partial charge in [0.15, 0.2) is 6.54 Å². The molecule has 2 aromatic rings. The molecule has 1 heterocycles. The molecule has 26 heavy (non-hydrogen) atoms. The highest BCUT2D eigenvalue weighted by Gasteiger charge is 2.23. The van der Waals surface area contributed by atoms with E-state index in [0.29, 0.717) is 18.8 Å². The van der Waals surface area contributed by atoms with Crippen LogP contribution in [0, 0.1) is 6.92 Å². The third kappa shape index (κ3) is 4.76. The van der Waals surface area contributed by atoms with Gasteiger partial charge in [-0.2, -0.15) is 0 Å². The van der Waals surface area contributed by atoms with Crippen molar-refractivity contribution in [2.24, 2.45) is 0 Å². The molecule has 3 rings (SSSR count). The number of phenols is 1. The van der Waals surface area contributed by atoms with Gasteiger partial charge in [-0.05, 0) is 36.6 Å². The molecule has 0 aliphatic carbocycles. The molecule has 1 saturated heterocycles. The number of nitrogens with one attached hydrogen (secondary N) is 2.